The van der Waals surface area contributed by atoms with Crippen LogP contribution in [0.4, 0.5) is 0 Å². The molecule has 0 aromatic carbocycles. The van der Waals surface area contributed by atoms with E-state index in [0.29, 0.717) is 12.1 Å². The summed E-state index contributed by atoms with van der Waals surface area (Å²) >= 11 is 0. The normalized spacial score (nSPS) is 28.5. The lowest BCUT2D eigenvalue weighted by molar-refractivity contribution is 0.00879. The summed E-state index contributed by atoms with van der Waals surface area (Å²) in [4.78, 5) is 0. The van der Waals surface area contributed by atoms with E-state index in [1.807, 2.05) is 6.26 Å². The lowest BCUT2D eigenvalue weighted by atomic mass is 9.83. The fourth-order valence-electron chi connectivity index (χ4n) is 2.85. The van der Waals surface area contributed by atoms with Gasteiger partial charge in [0, 0.05) is 24.8 Å². The van der Waals surface area contributed by atoms with Crippen molar-refractivity contribution in [2.45, 2.75) is 64.1 Å². The van der Waals surface area contributed by atoms with Crippen molar-refractivity contribution >= 4 is 0 Å². The smallest absolute Gasteiger partial charge is 0.0950 e. The molecule has 0 bridgehead atoms. The molecule has 1 aliphatic heterocycles. The van der Waals surface area contributed by atoms with Gasteiger partial charge in [0.25, 0.3) is 0 Å². The van der Waals surface area contributed by atoms with Gasteiger partial charge in [0.15, 0.2) is 0 Å². The average molecular weight is 265 g/mol. The second-order valence-corrected chi connectivity index (χ2v) is 6.44. The van der Waals surface area contributed by atoms with E-state index in [1.54, 1.807) is 13.4 Å². The van der Waals surface area contributed by atoms with Crippen LogP contribution in [0.5, 0.6) is 0 Å². The van der Waals surface area contributed by atoms with Crippen LogP contribution in [0, 0.1) is 5.92 Å². The zero-order valence-electron chi connectivity index (χ0n) is 12.6. The molecule has 3 heteroatoms. The first-order chi connectivity index (χ1) is 9.02. The van der Waals surface area contributed by atoms with Crippen molar-refractivity contribution in [2.24, 2.45) is 5.92 Å². The van der Waals surface area contributed by atoms with E-state index < -0.39 is 0 Å². The van der Waals surface area contributed by atoms with Crippen molar-refractivity contribution in [1.82, 2.24) is 5.32 Å². The van der Waals surface area contributed by atoms with Gasteiger partial charge in [-0.25, -0.2) is 0 Å². The number of hydrogen-bond acceptors (Lipinski definition) is 3. The quantitative estimate of drug-likeness (QED) is 0.876. The molecule has 3 nitrogen and oxygen atoms in total. The predicted octanol–water partition coefficient (Wildman–Crippen LogP) is 3.91. The van der Waals surface area contributed by atoms with E-state index in [1.165, 1.54) is 18.4 Å². The third-order valence-electron chi connectivity index (χ3n) is 4.57. The van der Waals surface area contributed by atoms with Crippen molar-refractivity contribution in [3.05, 3.63) is 24.2 Å². The number of ether oxygens (including phenoxy) is 1. The van der Waals surface area contributed by atoms with Gasteiger partial charge in [0.05, 0.1) is 18.1 Å². The molecule has 0 aliphatic carbocycles. The van der Waals surface area contributed by atoms with Crippen LogP contribution in [0.2, 0.25) is 0 Å². The highest BCUT2D eigenvalue weighted by molar-refractivity contribution is 5.13. The molecule has 2 rings (SSSR count). The number of methoxy groups -OCH3 is 1. The van der Waals surface area contributed by atoms with Crippen LogP contribution < -0.4 is 5.32 Å². The Hall–Kier alpha value is -0.800. The second kappa shape index (κ2) is 6.10. The van der Waals surface area contributed by atoms with Crippen LogP contribution in [0.1, 0.15) is 58.1 Å². The molecule has 3 atom stereocenters. The summed E-state index contributed by atoms with van der Waals surface area (Å²) in [6.45, 7) is 6.67. The number of hydrogen-bond donors (Lipinski definition) is 1. The monoisotopic (exact) mass is 265 g/mol. The van der Waals surface area contributed by atoms with Gasteiger partial charge in [0.1, 0.15) is 0 Å². The van der Waals surface area contributed by atoms with Gasteiger partial charge < -0.3 is 14.5 Å². The number of piperidine rings is 1. The minimum atomic E-state index is -0.0238. The number of furan rings is 1. The Morgan fingerprint density at radius 1 is 1.42 bits per heavy atom. The Morgan fingerprint density at radius 3 is 2.84 bits per heavy atom. The van der Waals surface area contributed by atoms with E-state index in [4.69, 9.17) is 9.15 Å². The Balaban J connectivity index is 1.92. The second-order valence-electron chi connectivity index (χ2n) is 6.44. The third kappa shape index (κ3) is 3.83. The molecule has 1 fully saturated rings. The molecule has 1 aliphatic rings. The molecule has 19 heavy (non-hydrogen) atoms. The first-order valence-corrected chi connectivity index (χ1v) is 7.35. The van der Waals surface area contributed by atoms with Crippen LogP contribution in [0.3, 0.4) is 0 Å². The van der Waals surface area contributed by atoms with Crippen LogP contribution in [-0.2, 0) is 4.74 Å². The molecule has 1 aromatic heterocycles. The van der Waals surface area contributed by atoms with Crippen molar-refractivity contribution in [3.63, 3.8) is 0 Å². The Morgan fingerprint density at radius 2 is 2.21 bits per heavy atom. The summed E-state index contributed by atoms with van der Waals surface area (Å²) in [6.07, 6.45) is 8.35. The minimum Gasteiger partial charge on any atom is -0.472 e. The molecule has 0 radical (unpaired) electrons. The predicted molar refractivity (Wildman–Crippen MR) is 77.1 cm³/mol. The zero-order valence-corrected chi connectivity index (χ0v) is 12.6. The molecule has 2 heterocycles. The van der Waals surface area contributed by atoms with Gasteiger partial charge in [-0.1, -0.05) is 6.92 Å². The molecular weight excluding hydrogens is 238 g/mol. The summed E-state index contributed by atoms with van der Waals surface area (Å²) in [5, 5.41) is 3.79. The molecule has 1 N–H and O–H groups in total. The Labute approximate surface area is 116 Å². The summed E-state index contributed by atoms with van der Waals surface area (Å²) in [6, 6.07) is 3.10. The highest BCUT2D eigenvalue weighted by Crippen LogP contribution is 2.32. The van der Waals surface area contributed by atoms with Gasteiger partial charge in [-0.05, 0) is 51.5 Å². The number of nitrogens with one attached hydrogen (secondary N) is 1. The molecule has 108 valence electrons. The Bertz CT molecular complexity index is 372. The van der Waals surface area contributed by atoms with Crippen molar-refractivity contribution in [3.8, 4) is 0 Å². The maximum Gasteiger partial charge on any atom is 0.0950 e. The van der Waals surface area contributed by atoms with E-state index in [-0.39, 0.29) is 5.60 Å². The summed E-state index contributed by atoms with van der Waals surface area (Å²) in [5.41, 5.74) is 1.26. The first kappa shape index (κ1) is 14.6. The Kier molecular flexibility index (Phi) is 4.69. The molecular formula is C16H27NO2. The number of rotatable bonds is 5. The van der Waals surface area contributed by atoms with Crippen molar-refractivity contribution in [1.29, 1.82) is 0 Å². The summed E-state index contributed by atoms with van der Waals surface area (Å²) < 4.78 is 10.7. The van der Waals surface area contributed by atoms with Crippen LogP contribution in [0.15, 0.2) is 23.0 Å². The van der Waals surface area contributed by atoms with E-state index >= 15 is 0 Å². The van der Waals surface area contributed by atoms with Gasteiger partial charge in [-0.3, -0.25) is 0 Å². The van der Waals surface area contributed by atoms with E-state index in [2.05, 4.69) is 32.2 Å². The third-order valence-corrected chi connectivity index (χ3v) is 4.57. The zero-order chi connectivity index (χ0) is 13.9. The maximum atomic E-state index is 5.52. The first-order valence-electron chi connectivity index (χ1n) is 7.35. The lowest BCUT2D eigenvalue weighted by Crippen LogP contribution is -2.43. The molecule has 1 saturated heterocycles. The summed E-state index contributed by atoms with van der Waals surface area (Å²) in [5.74, 6) is 0.732. The molecule has 1 aromatic rings. The van der Waals surface area contributed by atoms with Gasteiger partial charge in [0.2, 0.25) is 0 Å². The molecule has 0 amide bonds. The average Bonchev–Trinajstić information content (AvgIpc) is 2.92. The molecule has 0 unspecified atom stereocenters. The largest absolute Gasteiger partial charge is 0.472 e. The van der Waals surface area contributed by atoms with Crippen molar-refractivity contribution in [2.75, 3.05) is 7.11 Å². The van der Waals surface area contributed by atoms with E-state index in [9.17, 15) is 0 Å². The van der Waals surface area contributed by atoms with Gasteiger partial charge >= 0.3 is 0 Å². The maximum absolute atomic E-state index is 5.52. The highest BCUT2D eigenvalue weighted by Gasteiger charge is 2.29. The van der Waals surface area contributed by atoms with Crippen LogP contribution in [0.25, 0.3) is 0 Å². The van der Waals surface area contributed by atoms with E-state index in [0.717, 1.165) is 18.8 Å². The fourth-order valence-corrected chi connectivity index (χ4v) is 2.85. The van der Waals surface area contributed by atoms with Crippen molar-refractivity contribution < 1.29 is 9.15 Å². The minimum absolute atomic E-state index is 0.0238. The topological polar surface area (TPSA) is 34.4 Å². The van der Waals surface area contributed by atoms with Crippen LogP contribution >= 0.6 is 0 Å². The highest BCUT2D eigenvalue weighted by atomic mass is 16.5. The molecule has 0 spiro atoms. The van der Waals surface area contributed by atoms with Gasteiger partial charge in [-0.15, -0.1) is 0 Å². The van der Waals surface area contributed by atoms with Crippen LogP contribution in [-0.4, -0.2) is 18.8 Å². The SMILES string of the molecule is COC(C)(C)CC[C@H]1N[C@@H](c2ccoc2)CC[C@@H]1C. The summed E-state index contributed by atoms with van der Waals surface area (Å²) in [7, 11) is 1.80. The molecule has 0 saturated carbocycles. The lowest BCUT2D eigenvalue weighted by Gasteiger charge is -2.37. The standard InChI is InChI=1S/C16H27NO2/c1-12-5-6-15(13-8-10-19-11-13)17-14(12)7-9-16(2,3)18-4/h8,10-12,14-15,17H,5-7,9H2,1-4H3/t12-,14+,15+/m0/s1. The van der Waals surface area contributed by atoms with Gasteiger partial charge in [-0.2, -0.15) is 0 Å². The fraction of sp³-hybridized carbons (Fsp3) is 0.750.